The number of nitrogens with one attached hydrogen (secondary N) is 1. The number of nitrogens with two attached hydrogens (primary N) is 1. The number of rotatable bonds is 6. The molecule has 2 amide bonds. The second-order valence-electron chi connectivity index (χ2n) is 9.13. The topological polar surface area (TPSA) is 149 Å². The number of benzene rings is 1. The van der Waals surface area contributed by atoms with Gasteiger partial charge >= 0.3 is 0 Å². The summed E-state index contributed by atoms with van der Waals surface area (Å²) in [5.41, 5.74) is 8.76. The first kappa shape index (κ1) is 25.6. The highest BCUT2D eigenvalue weighted by atomic mass is 79.9. The number of aryl methyl sites for hydroxylation is 1. The summed E-state index contributed by atoms with van der Waals surface area (Å²) in [4.78, 5) is 53.1. The standard InChI is InChI=1S/C26H25BrN8O3/c1-14(36)24-18-10-16(17-11-29-15(2)30-12-17)6-7-20(18)35(33-24)13-23(37)34-9-8-19(28)25(34)26(38)32-22-5-3-4-21(27)31-22/h3-7,10-12,19,25H,8-9,13,28H2,1-2H3,(H,31,32,38)/t19-,25+/m1/s1. The monoisotopic (exact) mass is 576 g/mol. The van der Waals surface area contributed by atoms with Crippen LogP contribution < -0.4 is 11.1 Å². The van der Waals surface area contributed by atoms with E-state index in [1.807, 2.05) is 18.2 Å². The van der Waals surface area contributed by atoms with E-state index in [9.17, 15) is 14.4 Å². The number of Topliss-reactive ketones (excluding diaryl/α,β-unsaturated/α-hetero) is 1. The van der Waals surface area contributed by atoms with Gasteiger partial charge in [0, 0.05) is 42.9 Å². The molecule has 1 aromatic carbocycles. The van der Waals surface area contributed by atoms with Gasteiger partial charge in [0.2, 0.25) is 11.8 Å². The van der Waals surface area contributed by atoms with E-state index in [0.29, 0.717) is 40.1 Å². The molecule has 5 rings (SSSR count). The van der Waals surface area contributed by atoms with Crippen molar-refractivity contribution in [2.24, 2.45) is 5.73 Å². The average molecular weight is 577 g/mol. The molecule has 3 aromatic heterocycles. The van der Waals surface area contributed by atoms with Crippen LogP contribution >= 0.6 is 15.9 Å². The molecule has 194 valence electrons. The zero-order chi connectivity index (χ0) is 27.0. The predicted molar refractivity (Wildman–Crippen MR) is 144 cm³/mol. The lowest BCUT2D eigenvalue weighted by Gasteiger charge is -2.26. The van der Waals surface area contributed by atoms with Crippen LogP contribution in [0.4, 0.5) is 5.82 Å². The summed E-state index contributed by atoms with van der Waals surface area (Å²) < 4.78 is 2.07. The van der Waals surface area contributed by atoms with Crippen molar-refractivity contribution in [3.8, 4) is 11.1 Å². The number of hydrogen-bond acceptors (Lipinski definition) is 8. The van der Waals surface area contributed by atoms with Gasteiger partial charge in [-0.2, -0.15) is 5.10 Å². The molecule has 3 N–H and O–H groups in total. The first-order valence-corrected chi connectivity index (χ1v) is 12.8. The van der Waals surface area contributed by atoms with E-state index in [1.54, 1.807) is 37.5 Å². The van der Waals surface area contributed by atoms with E-state index in [0.717, 1.165) is 11.1 Å². The molecule has 0 spiro atoms. The molecule has 12 heteroatoms. The summed E-state index contributed by atoms with van der Waals surface area (Å²) in [6.45, 7) is 3.43. The number of aromatic nitrogens is 5. The van der Waals surface area contributed by atoms with Crippen molar-refractivity contribution in [1.29, 1.82) is 0 Å². The van der Waals surface area contributed by atoms with E-state index in [2.05, 4.69) is 41.3 Å². The van der Waals surface area contributed by atoms with Crippen LogP contribution in [0.1, 0.15) is 29.7 Å². The van der Waals surface area contributed by atoms with Crippen LogP contribution in [0.5, 0.6) is 0 Å². The van der Waals surface area contributed by atoms with Gasteiger partial charge in [0.05, 0.1) is 5.52 Å². The molecule has 0 radical (unpaired) electrons. The molecule has 11 nitrogen and oxygen atoms in total. The Morgan fingerprint density at radius 2 is 1.89 bits per heavy atom. The highest BCUT2D eigenvalue weighted by Gasteiger charge is 2.40. The quantitative estimate of drug-likeness (QED) is 0.263. The molecular weight excluding hydrogens is 552 g/mol. The van der Waals surface area contributed by atoms with Crippen molar-refractivity contribution in [1.82, 2.24) is 29.6 Å². The molecule has 0 saturated carbocycles. The van der Waals surface area contributed by atoms with Gasteiger partial charge in [0.1, 0.15) is 34.5 Å². The molecule has 38 heavy (non-hydrogen) atoms. The zero-order valence-electron chi connectivity index (χ0n) is 20.8. The molecule has 0 bridgehead atoms. The third kappa shape index (κ3) is 5.04. The van der Waals surface area contributed by atoms with Crippen molar-refractivity contribution in [3.63, 3.8) is 0 Å². The number of anilines is 1. The summed E-state index contributed by atoms with van der Waals surface area (Å²) in [7, 11) is 0. The minimum absolute atomic E-state index is 0.150. The maximum atomic E-state index is 13.4. The lowest BCUT2D eigenvalue weighted by Crippen LogP contribution is -2.51. The maximum Gasteiger partial charge on any atom is 0.249 e. The molecule has 0 aliphatic carbocycles. The van der Waals surface area contributed by atoms with E-state index in [1.165, 1.54) is 16.5 Å². The van der Waals surface area contributed by atoms with Gasteiger partial charge in [-0.15, -0.1) is 0 Å². The second kappa shape index (κ2) is 10.4. The van der Waals surface area contributed by atoms with Crippen LogP contribution in [-0.2, 0) is 16.1 Å². The Kier molecular flexibility index (Phi) is 7.00. The van der Waals surface area contributed by atoms with Gasteiger partial charge in [-0.25, -0.2) is 15.0 Å². The fourth-order valence-electron chi connectivity index (χ4n) is 4.61. The summed E-state index contributed by atoms with van der Waals surface area (Å²) >= 11 is 3.28. The average Bonchev–Trinajstić information content (AvgIpc) is 3.45. The zero-order valence-corrected chi connectivity index (χ0v) is 22.3. The van der Waals surface area contributed by atoms with Gasteiger partial charge in [0.15, 0.2) is 5.78 Å². The highest BCUT2D eigenvalue weighted by molar-refractivity contribution is 9.10. The summed E-state index contributed by atoms with van der Waals surface area (Å²) in [6, 6.07) is 9.31. The minimum atomic E-state index is -0.856. The summed E-state index contributed by atoms with van der Waals surface area (Å²) in [6.07, 6.45) is 3.92. The van der Waals surface area contributed by atoms with Crippen molar-refractivity contribution >= 4 is 50.2 Å². The van der Waals surface area contributed by atoms with E-state index in [4.69, 9.17) is 5.73 Å². The third-order valence-electron chi connectivity index (χ3n) is 6.48. The van der Waals surface area contributed by atoms with Gasteiger partial charge in [-0.05, 0) is 59.1 Å². The smallest absolute Gasteiger partial charge is 0.249 e. The van der Waals surface area contributed by atoms with Crippen LogP contribution in [0.15, 0.2) is 53.4 Å². The summed E-state index contributed by atoms with van der Waals surface area (Å²) in [5, 5.41) is 7.83. The van der Waals surface area contributed by atoms with Gasteiger partial charge in [-0.1, -0.05) is 12.1 Å². The molecule has 2 atom stereocenters. The number of carbonyl (C=O) groups excluding carboxylic acids is 3. The Bertz CT molecular complexity index is 1550. The van der Waals surface area contributed by atoms with Crippen molar-refractivity contribution in [2.75, 3.05) is 11.9 Å². The lowest BCUT2D eigenvalue weighted by atomic mass is 10.0. The van der Waals surface area contributed by atoms with Crippen molar-refractivity contribution in [3.05, 3.63) is 64.9 Å². The number of nitrogens with zero attached hydrogens (tertiary/aromatic N) is 6. The number of pyridine rings is 1. The molecule has 1 saturated heterocycles. The number of hydrogen-bond donors (Lipinski definition) is 2. The Labute approximate surface area is 226 Å². The normalized spacial score (nSPS) is 17.1. The van der Waals surface area contributed by atoms with Crippen LogP contribution in [0, 0.1) is 6.92 Å². The number of ketones is 1. The lowest BCUT2D eigenvalue weighted by molar-refractivity contribution is -0.137. The number of halogens is 1. The van der Waals surface area contributed by atoms with Crippen LogP contribution in [0.25, 0.3) is 22.0 Å². The van der Waals surface area contributed by atoms with Crippen LogP contribution in [-0.4, -0.2) is 65.9 Å². The Balaban J connectivity index is 1.41. The molecule has 4 heterocycles. The third-order valence-corrected chi connectivity index (χ3v) is 6.92. The van der Waals surface area contributed by atoms with Crippen LogP contribution in [0.3, 0.4) is 0 Å². The van der Waals surface area contributed by atoms with Gasteiger partial charge in [-0.3, -0.25) is 19.1 Å². The van der Waals surface area contributed by atoms with Gasteiger partial charge < -0.3 is 16.0 Å². The molecule has 4 aromatic rings. The molecule has 1 aliphatic rings. The first-order chi connectivity index (χ1) is 18.2. The number of likely N-dealkylation sites (tertiary alicyclic amines) is 1. The largest absolute Gasteiger partial charge is 0.327 e. The minimum Gasteiger partial charge on any atom is -0.327 e. The van der Waals surface area contributed by atoms with Gasteiger partial charge in [0.25, 0.3) is 0 Å². The molecule has 1 aliphatic heterocycles. The first-order valence-electron chi connectivity index (χ1n) is 12.0. The summed E-state index contributed by atoms with van der Waals surface area (Å²) in [5.74, 6) is 0.0619. The van der Waals surface area contributed by atoms with Crippen LogP contribution in [0.2, 0.25) is 0 Å². The molecule has 1 fully saturated rings. The van der Waals surface area contributed by atoms with Crippen molar-refractivity contribution in [2.45, 2.75) is 38.9 Å². The SMILES string of the molecule is CC(=O)c1nn(CC(=O)N2CC[C@@H](N)[C@H]2C(=O)Nc2cccc(Br)n2)c2ccc(-c3cnc(C)nc3)cc12. The number of amides is 2. The predicted octanol–water partition coefficient (Wildman–Crippen LogP) is 2.73. The molecular formula is C26H25BrN8O3. The maximum absolute atomic E-state index is 13.4. The van der Waals surface area contributed by atoms with E-state index in [-0.39, 0.29) is 23.9 Å². The van der Waals surface area contributed by atoms with E-state index < -0.39 is 18.0 Å². The molecule has 0 unspecified atom stereocenters. The van der Waals surface area contributed by atoms with Crippen molar-refractivity contribution < 1.29 is 14.4 Å². The Morgan fingerprint density at radius 3 is 2.61 bits per heavy atom. The highest BCUT2D eigenvalue weighted by Crippen LogP contribution is 2.27. The van der Waals surface area contributed by atoms with E-state index >= 15 is 0 Å². The fraction of sp³-hybridized carbons (Fsp3) is 0.269. The fourth-order valence-corrected chi connectivity index (χ4v) is 4.95. The number of fused-ring (bicyclic) bond motifs is 1. The second-order valence-corrected chi connectivity index (χ2v) is 9.95. The number of carbonyl (C=O) groups is 3. The Morgan fingerprint density at radius 1 is 1.13 bits per heavy atom. The Hall–Kier alpha value is -4.03.